The van der Waals surface area contributed by atoms with Gasteiger partial charge in [0.1, 0.15) is 5.01 Å². The van der Waals surface area contributed by atoms with Crippen LogP contribution >= 0.6 is 11.3 Å². The van der Waals surface area contributed by atoms with Gasteiger partial charge in [0.15, 0.2) is 0 Å². The van der Waals surface area contributed by atoms with Crippen molar-refractivity contribution in [2.75, 3.05) is 0 Å². The lowest BCUT2D eigenvalue weighted by Gasteiger charge is -2.16. The lowest BCUT2D eigenvalue weighted by atomic mass is 9.93. The fourth-order valence-electron chi connectivity index (χ4n) is 4.01. The average molecular weight is 436 g/mol. The predicted octanol–water partition coefficient (Wildman–Crippen LogP) is 3.25. The summed E-state index contributed by atoms with van der Waals surface area (Å²) in [6, 6.07) is 12.6. The Labute approximate surface area is 184 Å². The Bertz CT molecular complexity index is 1200. The third-order valence-electron chi connectivity index (χ3n) is 5.57. The maximum Gasteiger partial charge on any atom is 0.249 e. The third-order valence-corrected chi connectivity index (χ3v) is 6.62. The standard InChI is InChI=1S/C23H25N5O2S/c1-28-23(26-16-9-3-2-4-10-16)31-22(27-28)18-12-6-11-17(21(25)30)19(18)14-7-5-8-15(13-14)20(24)29/h5-8,11-13,16H,2-4,9-10H2,1H3,(H2,24,29)(H2,25,30). The van der Waals surface area contributed by atoms with Gasteiger partial charge in [-0.25, -0.2) is 4.68 Å². The van der Waals surface area contributed by atoms with E-state index in [2.05, 4.69) is 5.10 Å². The van der Waals surface area contributed by atoms with Gasteiger partial charge in [-0.1, -0.05) is 54.9 Å². The first kappa shape index (κ1) is 21.0. The molecule has 4 N–H and O–H groups in total. The monoisotopic (exact) mass is 435 g/mol. The number of hydrogen-bond acceptors (Lipinski definition) is 5. The van der Waals surface area contributed by atoms with Gasteiger partial charge in [-0.15, -0.1) is 0 Å². The number of carbonyl (C=O) groups excluding carboxylic acids is 2. The van der Waals surface area contributed by atoms with Crippen LogP contribution in [0.25, 0.3) is 21.7 Å². The molecule has 2 amide bonds. The van der Waals surface area contributed by atoms with Gasteiger partial charge in [0.05, 0.1) is 6.04 Å². The van der Waals surface area contributed by atoms with E-state index in [4.69, 9.17) is 16.5 Å². The zero-order chi connectivity index (χ0) is 22.0. The fraction of sp³-hybridized carbons (Fsp3) is 0.304. The highest BCUT2D eigenvalue weighted by atomic mass is 32.1. The molecule has 2 aromatic carbocycles. The quantitative estimate of drug-likeness (QED) is 0.641. The number of rotatable bonds is 5. The van der Waals surface area contributed by atoms with Crippen molar-refractivity contribution >= 4 is 23.2 Å². The highest BCUT2D eigenvalue weighted by Crippen LogP contribution is 2.35. The zero-order valence-corrected chi connectivity index (χ0v) is 18.2. The van der Waals surface area contributed by atoms with Crippen molar-refractivity contribution in [1.82, 2.24) is 9.78 Å². The van der Waals surface area contributed by atoms with Gasteiger partial charge in [0.25, 0.3) is 0 Å². The first-order valence-electron chi connectivity index (χ1n) is 10.4. The lowest BCUT2D eigenvalue weighted by Crippen LogP contribution is -2.18. The third kappa shape index (κ3) is 4.44. The molecule has 1 aliphatic rings. The molecule has 8 heteroatoms. The molecule has 0 aliphatic heterocycles. The Kier molecular flexibility index (Phi) is 5.99. The van der Waals surface area contributed by atoms with Gasteiger partial charge in [-0.3, -0.25) is 14.6 Å². The predicted molar refractivity (Wildman–Crippen MR) is 121 cm³/mol. The van der Waals surface area contributed by atoms with Crippen molar-refractivity contribution in [3.8, 4) is 21.7 Å². The molecular weight excluding hydrogens is 410 g/mol. The van der Waals surface area contributed by atoms with Crippen LogP contribution in [-0.4, -0.2) is 27.6 Å². The largest absolute Gasteiger partial charge is 0.366 e. The fourth-order valence-corrected chi connectivity index (χ4v) is 5.00. The van der Waals surface area contributed by atoms with E-state index < -0.39 is 11.8 Å². The molecule has 1 heterocycles. The van der Waals surface area contributed by atoms with Crippen LogP contribution in [0.15, 0.2) is 47.5 Å². The summed E-state index contributed by atoms with van der Waals surface area (Å²) in [4.78, 5) is 29.7. The summed E-state index contributed by atoms with van der Waals surface area (Å²) in [6.07, 6.45) is 5.92. The molecule has 4 rings (SSSR count). The minimum absolute atomic E-state index is 0.330. The highest BCUT2D eigenvalue weighted by molar-refractivity contribution is 7.12. The van der Waals surface area contributed by atoms with Crippen molar-refractivity contribution < 1.29 is 9.59 Å². The molecule has 0 unspecified atom stereocenters. The Morgan fingerprint density at radius 2 is 1.81 bits per heavy atom. The van der Waals surface area contributed by atoms with E-state index in [1.807, 2.05) is 19.2 Å². The molecule has 7 nitrogen and oxygen atoms in total. The molecule has 0 bridgehead atoms. The van der Waals surface area contributed by atoms with E-state index in [-0.39, 0.29) is 0 Å². The summed E-state index contributed by atoms with van der Waals surface area (Å²) in [5.74, 6) is -1.08. The molecule has 0 spiro atoms. The van der Waals surface area contributed by atoms with Crippen molar-refractivity contribution in [3.05, 3.63) is 58.4 Å². The molecule has 1 aliphatic carbocycles. The van der Waals surface area contributed by atoms with Crippen LogP contribution in [0.3, 0.4) is 0 Å². The Balaban J connectivity index is 1.87. The first-order chi connectivity index (χ1) is 14.9. The second-order valence-corrected chi connectivity index (χ2v) is 8.73. The van der Waals surface area contributed by atoms with Crippen LogP contribution in [0.1, 0.15) is 52.8 Å². The van der Waals surface area contributed by atoms with E-state index in [1.165, 1.54) is 30.6 Å². The number of primary amides is 2. The Morgan fingerprint density at radius 1 is 1.06 bits per heavy atom. The molecule has 1 fully saturated rings. The molecular formula is C23H25N5O2S. The van der Waals surface area contributed by atoms with Crippen molar-refractivity contribution in [2.24, 2.45) is 23.5 Å². The van der Waals surface area contributed by atoms with Gasteiger partial charge < -0.3 is 11.5 Å². The number of nitrogens with zero attached hydrogens (tertiary/aromatic N) is 3. The van der Waals surface area contributed by atoms with E-state index in [9.17, 15) is 9.59 Å². The minimum atomic E-state index is -0.547. The van der Waals surface area contributed by atoms with E-state index >= 15 is 0 Å². The molecule has 1 saturated carbocycles. The van der Waals surface area contributed by atoms with Crippen molar-refractivity contribution in [1.29, 1.82) is 0 Å². The van der Waals surface area contributed by atoms with Crippen LogP contribution in [0.4, 0.5) is 0 Å². The molecule has 0 saturated heterocycles. The normalized spacial score (nSPS) is 15.2. The summed E-state index contributed by atoms with van der Waals surface area (Å²) < 4.78 is 1.79. The maximum absolute atomic E-state index is 12.2. The molecule has 3 aromatic rings. The molecule has 31 heavy (non-hydrogen) atoms. The second-order valence-electron chi connectivity index (χ2n) is 7.77. The molecule has 160 valence electrons. The van der Waals surface area contributed by atoms with Crippen LogP contribution in [0.2, 0.25) is 0 Å². The number of aryl methyl sites for hydroxylation is 1. The molecule has 0 atom stereocenters. The smallest absolute Gasteiger partial charge is 0.249 e. The van der Waals surface area contributed by atoms with Crippen LogP contribution in [0, 0.1) is 0 Å². The van der Waals surface area contributed by atoms with E-state index in [0.717, 1.165) is 28.2 Å². The number of nitrogens with two attached hydrogens (primary N) is 2. The summed E-state index contributed by atoms with van der Waals surface area (Å²) in [6.45, 7) is 0. The van der Waals surface area contributed by atoms with Crippen LogP contribution in [-0.2, 0) is 7.05 Å². The average Bonchev–Trinajstić information content (AvgIpc) is 3.14. The van der Waals surface area contributed by atoms with Crippen LogP contribution in [0.5, 0.6) is 0 Å². The van der Waals surface area contributed by atoms with E-state index in [1.54, 1.807) is 35.0 Å². The van der Waals surface area contributed by atoms with Gasteiger partial charge in [-0.2, -0.15) is 5.10 Å². The van der Waals surface area contributed by atoms with Crippen molar-refractivity contribution in [3.63, 3.8) is 0 Å². The summed E-state index contributed by atoms with van der Waals surface area (Å²) in [5, 5.41) is 5.42. The molecule has 0 radical (unpaired) electrons. The number of amides is 2. The summed E-state index contributed by atoms with van der Waals surface area (Å²) in [7, 11) is 1.88. The van der Waals surface area contributed by atoms with Gasteiger partial charge in [-0.05, 0) is 36.6 Å². The van der Waals surface area contributed by atoms with E-state index in [0.29, 0.717) is 28.3 Å². The topological polar surface area (TPSA) is 116 Å². The SMILES string of the molecule is Cn1nc(-c2cccc(C(N)=O)c2-c2cccc(C(N)=O)c2)sc1=NC1CCCCC1. The first-order valence-corrected chi connectivity index (χ1v) is 11.2. The number of carbonyl (C=O) groups is 2. The summed E-state index contributed by atoms with van der Waals surface area (Å²) in [5.41, 5.74) is 14.0. The lowest BCUT2D eigenvalue weighted by molar-refractivity contribution is 0.0992. The number of benzene rings is 2. The van der Waals surface area contributed by atoms with Gasteiger partial charge in [0, 0.05) is 29.3 Å². The second kappa shape index (κ2) is 8.85. The number of aromatic nitrogens is 2. The van der Waals surface area contributed by atoms with Gasteiger partial charge >= 0.3 is 0 Å². The highest BCUT2D eigenvalue weighted by Gasteiger charge is 2.20. The maximum atomic E-state index is 12.2. The Hall–Kier alpha value is -3.26. The number of hydrogen-bond donors (Lipinski definition) is 2. The zero-order valence-electron chi connectivity index (χ0n) is 17.4. The molecule has 1 aromatic heterocycles. The Morgan fingerprint density at radius 3 is 2.52 bits per heavy atom. The summed E-state index contributed by atoms with van der Waals surface area (Å²) >= 11 is 1.49. The minimum Gasteiger partial charge on any atom is -0.366 e. The van der Waals surface area contributed by atoms with Crippen molar-refractivity contribution in [2.45, 2.75) is 38.1 Å². The van der Waals surface area contributed by atoms with Crippen LogP contribution < -0.4 is 16.3 Å². The van der Waals surface area contributed by atoms with Gasteiger partial charge in [0.2, 0.25) is 16.6 Å².